The van der Waals surface area contributed by atoms with Crippen LogP contribution in [0.5, 0.6) is 5.75 Å². The zero-order valence-electron chi connectivity index (χ0n) is 16.4. The SMILES string of the molecule is COCCC(=O)N1[C@@H]2CC[C@H]1CC(=O)NCCOc1ccc(F)cc1C(=O)NC2. The molecule has 2 aliphatic rings. The highest BCUT2D eigenvalue weighted by atomic mass is 19.1. The number of carbonyl (C=O) groups excluding carboxylic acids is 3. The number of nitrogens with zero attached hydrogens (tertiary/aromatic N) is 1. The Hall–Kier alpha value is -2.68. The Morgan fingerprint density at radius 1 is 1.28 bits per heavy atom. The molecule has 0 aliphatic carbocycles. The van der Waals surface area contributed by atoms with Gasteiger partial charge in [0.15, 0.2) is 0 Å². The fourth-order valence-corrected chi connectivity index (χ4v) is 3.84. The van der Waals surface area contributed by atoms with Gasteiger partial charge >= 0.3 is 0 Å². The second kappa shape index (κ2) is 9.69. The zero-order chi connectivity index (χ0) is 20.8. The lowest BCUT2D eigenvalue weighted by Gasteiger charge is -2.31. The first kappa shape index (κ1) is 21.0. The van der Waals surface area contributed by atoms with Crippen LogP contribution in [-0.2, 0) is 14.3 Å². The fraction of sp³-hybridized carbons (Fsp3) is 0.550. The lowest BCUT2D eigenvalue weighted by atomic mass is 10.1. The molecule has 1 saturated heterocycles. The molecule has 0 spiro atoms. The second-order valence-corrected chi connectivity index (χ2v) is 7.18. The summed E-state index contributed by atoms with van der Waals surface area (Å²) in [4.78, 5) is 39.4. The highest BCUT2D eigenvalue weighted by Gasteiger charge is 2.37. The molecule has 8 nitrogen and oxygen atoms in total. The van der Waals surface area contributed by atoms with E-state index < -0.39 is 11.7 Å². The number of rotatable bonds is 3. The number of hydrogen-bond donors (Lipinski definition) is 2. The molecule has 29 heavy (non-hydrogen) atoms. The number of hydrogen-bond acceptors (Lipinski definition) is 5. The lowest BCUT2D eigenvalue weighted by Crippen LogP contribution is -2.48. The Labute approximate surface area is 168 Å². The predicted molar refractivity (Wildman–Crippen MR) is 102 cm³/mol. The van der Waals surface area contributed by atoms with Gasteiger partial charge in [0.25, 0.3) is 5.91 Å². The standard InChI is InChI=1S/C20H26FN3O5/c1-28-8-6-19(26)24-14-3-4-15(24)12-23-20(27)16-10-13(21)2-5-17(16)29-9-7-22-18(25)11-14/h2,5,10,14-15H,3-4,6-9,11-12H2,1H3,(H,22,25)(H,23,27)/t14-,15+/m0/s1. The van der Waals surface area contributed by atoms with Gasteiger partial charge in [-0.3, -0.25) is 14.4 Å². The molecule has 1 fully saturated rings. The summed E-state index contributed by atoms with van der Waals surface area (Å²) in [5.74, 6) is -1.04. The normalized spacial score (nSPS) is 22.8. The molecule has 3 amide bonds. The molecule has 3 rings (SSSR count). The average molecular weight is 407 g/mol. The number of ether oxygens (including phenoxy) is 2. The van der Waals surface area contributed by atoms with E-state index in [0.717, 1.165) is 6.07 Å². The molecule has 9 heteroatoms. The zero-order valence-corrected chi connectivity index (χ0v) is 16.4. The van der Waals surface area contributed by atoms with Crippen molar-refractivity contribution in [3.05, 3.63) is 29.6 Å². The van der Waals surface area contributed by atoms with Crippen molar-refractivity contribution in [3.8, 4) is 5.75 Å². The Morgan fingerprint density at radius 3 is 2.86 bits per heavy atom. The molecule has 2 bridgehead atoms. The van der Waals surface area contributed by atoms with Crippen LogP contribution in [0.15, 0.2) is 18.2 Å². The van der Waals surface area contributed by atoms with Crippen LogP contribution in [0.3, 0.4) is 0 Å². The summed E-state index contributed by atoms with van der Waals surface area (Å²) in [6.45, 7) is 0.884. The van der Waals surface area contributed by atoms with E-state index in [-0.39, 0.29) is 74.4 Å². The van der Waals surface area contributed by atoms with Gasteiger partial charge in [0.2, 0.25) is 11.8 Å². The monoisotopic (exact) mass is 407 g/mol. The minimum Gasteiger partial charge on any atom is -0.491 e. The Bertz CT molecular complexity index is 772. The van der Waals surface area contributed by atoms with E-state index in [2.05, 4.69) is 10.6 Å². The van der Waals surface area contributed by atoms with Gasteiger partial charge in [0, 0.05) is 32.2 Å². The predicted octanol–water partition coefficient (Wildman–Crippen LogP) is 0.850. The van der Waals surface area contributed by atoms with E-state index in [9.17, 15) is 18.8 Å². The van der Waals surface area contributed by atoms with E-state index in [4.69, 9.17) is 9.47 Å². The van der Waals surface area contributed by atoms with Gasteiger partial charge in [-0.05, 0) is 31.0 Å². The quantitative estimate of drug-likeness (QED) is 0.774. The van der Waals surface area contributed by atoms with Gasteiger partial charge in [-0.2, -0.15) is 0 Å². The topological polar surface area (TPSA) is 97.0 Å². The van der Waals surface area contributed by atoms with Crippen molar-refractivity contribution in [2.45, 2.75) is 37.8 Å². The molecule has 0 saturated carbocycles. The van der Waals surface area contributed by atoms with Crippen molar-refractivity contribution >= 4 is 17.7 Å². The van der Waals surface area contributed by atoms with Crippen LogP contribution in [0, 0.1) is 5.82 Å². The summed E-state index contributed by atoms with van der Waals surface area (Å²) >= 11 is 0. The maximum Gasteiger partial charge on any atom is 0.255 e. The van der Waals surface area contributed by atoms with Gasteiger partial charge in [-0.25, -0.2) is 4.39 Å². The molecule has 1 aromatic rings. The van der Waals surface area contributed by atoms with Crippen molar-refractivity contribution in [1.29, 1.82) is 0 Å². The highest BCUT2D eigenvalue weighted by molar-refractivity contribution is 5.97. The molecule has 158 valence electrons. The highest BCUT2D eigenvalue weighted by Crippen LogP contribution is 2.28. The van der Waals surface area contributed by atoms with Crippen LogP contribution in [0.2, 0.25) is 0 Å². The first-order valence-electron chi connectivity index (χ1n) is 9.77. The van der Waals surface area contributed by atoms with Gasteiger partial charge in [0.1, 0.15) is 18.2 Å². The van der Waals surface area contributed by atoms with Crippen LogP contribution in [-0.4, -0.2) is 68.1 Å². The molecule has 2 heterocycles. The van der Waals surface area contributed by atoms with Gasteiger partial charge in [-0.15, -0.1) is 0 Å². The average Bonchev–Trinajstić information content (AvgIpc) is 3.10. The van der Waals surface area contributed by atoms with Crippen LogP contribution in [0.1, 0.15) is 36.0 Å². The summed E-state index contributed by atoms with van der Waals surface area (Å²) < 4.78 is 24.2. The number of amides is 3. The van der Waals surface area contributed by atoms with Crippen LogP contribution in [0.25, 0.3) is 0 Å². The minimum atomic E-state index is -0.547. The Morgan fingerprint density at radius 2 is 2.07 bits per heavy atom. The third-order valence-electron chi connectivity index (χ3n) is 5.22. The molecule has 0 radical (unpaired) electrons. The second-order valence-electron chi connectivity index (χ2n) is 7.18. The molecule has 2 N–H and O–H groups in total. The maximum atomic E-state index is 13.7. The molecule has 2 aliphatic heterocycles. The third-order valence-corrected chi connectivity index (χ3v) is 5.22. The van der Waals surface area contributed by atoms with Gasteiger partial charge in [-0.1, -0.05) is 0 Å². The number of nitrogens with one attached hydrogen (secondary N) is 2. The molecule has 1 aromatic carbocycles. The van der Waals surface area contributed by atoms with Crippen molar-refractivity contribution in [3.63, 3.8) is 0 Å². The van der Waals surface area contributed by atoms with E-state index in [1.807, 2.05) is 0 Å². The molecular formula is C20H26FN3O5. The van der Waals surface area contributed by atoms with E-state index in [1.165, 1.54) is 19.2 Å². The van der Waals surface area contributed by atoms with Gasteiger partial charge < -0.3 is 25.0 Å². The summed E-state index contributed by atoms with van der Waals surface area (Å²) in [5, 5.41) is 5.56. The third kappa shape index (κ3) is 5.23. The summed E-state index contributed by atoms with van der Waals surface area (Å²) in [7, 11) is 1.52. The first-order valence-corrected chi connectivity index (χ1v) is 9.77. The van der Waals surface area contributed by atoms with Crippen LogP contribution >= 0.6 is 0 Å². The lowest BCUT2D eigenvalue weighted by molar-refractivity contribution is -0.136. The van der Waals surface area contributed by atoms with Crippen molar-refractivity contribution < 1.29 is 28.2 Å². The van der Waals surface area contributed by atoms with E-state index in [1.54, 1.807) is 4.90 Å². The number of carbonyl (C=O) groups is 3. The van der Waals surface area contributed by atoms with Crippen molar-refractivity contribution in [2.24, 2.45) is 0 Å². The minimum absolute atomic E-state index is 0.0835. The number of fused-ring (bicyclic) bond motifs is 3. The van der Waals surface area contributed by atoms with E-state index in [0.29, 0.717) is 12.8 Å². The summed E-state index contributed by atoms with van der Waals surface area (Å²) in [6, 6.07) is 3.26. The van der Waals surface area contributed by atoms with E-state index >= 15 is 0 Å². The molecular weight excluding hydrogens is 381 g/mol. The fourth-order valence-electron chi connectivity index (χ4n) is 3.84. The summed E-state index contributed by atoms with van der Waals surface area (Å²) in [5.41, 5.74) is 0.0835. The van der Waals surface area contributed by atoms with Crippen molar-refractivity contribution in [2.75, 3.05) is 33.4 Å². The number of halogens is 1. The Kier molecular flexibility index (Phi) is 7.03. The first-order chi connectivity index (χ1) is 14.0. The molecule has 0 aromatic heterocycles. The molecule has 2 atom stereocenters. The number of benzene rings is 1. The van der Waals surface area contributed by atoms with Crippen LogP contribution in [0.4, 0.5) is 4.39 Å². The van der Waals surface area contributed by atoms with Gasteiger partial charge in [0.05, 0.1) is 25.1 Å². The van der Waals surface area contributed by atoms with Crippen LogP contribution < -0.4 is 15.4 Å². The largest absolute Gasteiger partial charge is 0.491 e. The summed E-state index contributed by atoms with van der Waals surface area (Å²) in [6.07, 6.45) is 1.75. The number of methoxy groups -OCH3 is 1. The molecule has 0 unspecified atom stereocenters. The maximum absolute atomic E-state index is 13.7. The Balaban J connectivity index is 1.83. The van der Waals surface area contributed by atoms with Crippen molar-refractivity contribution in [1.82, 2.24) is 15.5 Å². The smallest absolute Gasteiger partial charge is 0.255 e.